The summed E-state index contributed by atoms with van der Waals surface area (Å²) in [5, 5.41) is 0. The summed E-state index contributed by atoms with van der Waals surface area (Å²) in [6.45, 7) is 1.56. The van der Waals surface area contributed by atoms with Crippen molar-refractivity contribution in [2.45, 2.75) is 0 Å². The molecule has 0 unspecified atom stereocenters. The van der Waals surface area contributed by atoms with Gasteiger partial charge in [-0.05, 0) is 23.3 Å². The van der Waals surface area contributed by atoms with Crippen molar-refractivity contribution in [3.8, 4) is 0 Å². The molecule has 0 aromatic heterocycles. The molecule has 2 heteroatoms. The highest BCUT2D eigenvalue weighted by Gasteiger charge is 2.26. The minimum atomic E-state index is 0.179. The lowest BCUT2D eigenvalue weighted by Gasteiger charge is -2.23. The first-order chi connectivity index (χ1) is 10.7. The molecule has 0 bridgehead atoms. The largest absolute Gasteiger partial charge is 0.330 e. The van der Waals surface area contributed by atoms with Crippen molar-refractivity contribution in [2.24, 2.45) is 0 Å². The summed E-state index contributed by atoms with van der Waals surface area (Å²) >= 11 is 0. The Kier molecular flexibility index (Phi) is 4.31. The topological polar surface area (TPSA) is 21.5 Å². The van der Waals surface area contributed by atoms with Gasteiger partial charge in [-0.15, -0.1) is 0 Å². The molecule has 0 saturated carbocycles. The lowest BCUT2D eigenvalue weighted by Crippen LogP contribution is -3.10. The first-order valence-corrected chi connectivity index (χ1v) is 7.59. The number of carbonyl (C=O) groups is 1. The van der Waals surface area contributed by atoms with E-state index in [4.69, 9.17) is 0 Å². The average molecular weight is 290 g/mol. The van der Waals surface area contributed by atoms with Crippen molar-refractivity contribution >= 4 is 17.9 Å². The molecule has 1 saturated heterocycles. The Labute approximate surface area is 131 Å². The van der Waals surface area contributed by atoms with Crippen molar-refractivity contribution in [3.05, 3.63) is 82.9 Å². The van der Waals surface area contributed by atoms with Gasteiger partial charge in [0.1, 0.15) is 13.1 Å². The molecule has 0 atom stereocenters. The number of ketones is 1. The molecule has 0 amide bonds. The fourth-order valence-corrected chi connectivity index (χ4v) is 2.81. The Bertz CT molecular complexity index is 652. The summed E-state index contributed by atoms with van der Waals surface area (Å²) in [5.41, 5.74) is 3.94. The highest BCUT2D eigenvalue weighted by Crippen LogP contribution is 2.15. The maximum absolute atomic E-state index is 12.7. The third-order valence-corrected chi connectivity index (χ3v) is 3.85. The summed E-state index contributed by atoms with van der Waals surface area (Å²) in [7, 11) is 2.13. The van der Waals surface area contributed by atoms with Crippen molar-refractivity contribution in [2.75, 3.05) is 20.1 Å². The summed E-state index contributed by atoms with van der Waals surface area (Å²) in [6, 6.07) is 20.1. The number of quaternary nitrogens is 1. The van der Waals surface area contributed by atoms with Crippen molar-refractivity contribution in [3.63, 3.8) is 0 Å². The van der Waals surface area contributed by atoms with E-state index in [9.17, 15) is 4.79 Å². The first-order valence-electron chi connectivity index (χ1n) is 7.59. The molecule has 0 radical (unpaired) electrons. The molecule has 1 aliphatic heterocycles. The molecule has 0 aliphatic carbocycles. The molecule has 1 aliphatic rings. The number of Topliss-reactive ketones (excluding diaryl/α,β-unsaturated/α-hetero) is 1. The van der Waals surface area contributed by atoms with Gasteiger partial charge in [0.05, 0.1) is 18.2 Å². The van der Waals surface area contributed by atoms with Crippen LogP contribution < -0.4 is 4.90 Å². The highest BCUT2D eigenvalue weighted by molar-refractivity contribution is 6.14. The van der Waals surface area contributed by atoms with Crippen LogP contribution in [0.15, 0.2) is 71.8 Å². The molecular formula is C20H20NO+. The summed E-state index contributed by atoms with van der Waals surface area (Å²) in [6.07, 6.45) is 4.04. The van der Waals surface area contributed by atoms with E-state index in [0.717, 1.165) is 35.4 Å². The molecule has 3 rings (SSSR count). The third-order valence-electron chi connectivity index (χ3n) is 3.85. The monoisotopic (exact) mass is 290 g/mol. The first kappa shape index (κ1) is 14.5. The zero-order chi connectivity index (χ0) is 15.4. The maximum atomic E-state index is 12.7. The quantitative estimate of drug-likeness (QED) is 0.842. The van der Waals surface area contributed by atoms with Crippen LogP contribution in [0.5, 0.6) is 0 Å². The number of benzene rings is 2. The number of likely N-dealkylation sites (tertiary alicyclic amines) is 1. The Morgan fingerprint density at radius 2 is 1.18 bits per heavy atom. The van der Waals surface area contributed by atoms with E-state index in [1.54, 1.807) is 0 Å². The van der Waals surface area contributed by atoms with Gasteiger partial charge in [0.15, 0.2) is 5.78 Å². The lowest BCUT2D eigenvalue weighted by molar-refractivity contribution is -0.870. The molecular weight excluding hydrogens is 270 g/mol. The number of piperidine rings is 1. The molecule has 0 spiro atoms. The summed E-state index contributed by atoms with van der Waals surface area (Å²) in [5.74, 6) is 0.179. The second kappa shape index (κ2) is 6.54. The molecule has 22 heavy (non-hydrogen) atoms. The lowest BCUT2D eigenvalue weighted by atomic mass is 9.94. The van der Waals surface area contributed by atoms with Gasteiger partial charge in [0, 0.05) is 0 Å². The fraction of sp³-hybridized carbons (Fsp3) is 0.150. The number of nitrogens with one attached hydrogen (secondary N) is 1. The van der Waals surface area contributed by atoms with Gasteiger partial charge < -0.3 is 4.90 Å². The Morgan fingerprint density at radius 3 is 1.59 bits per heavy atom. The van der Waals surface area contributed by atoms with E-state index in [1.807, 2.05) is 72.8 Å². The number of hydrogen-bond acceptors (Lipinski definition) is 1. The Hall–Kier alpha value is -2.45. The van der Waals surface area contributed by atoms with Crippen LogP contribution in [0.25, 0.3) is 12.2 Å². The SMILES string of the molecule is C[NH+]1C/C(=C\c2ccccc2)C(=O)/C(=C/c2ccccc2)C1. The molecule has 2 aromatic carbocycles. The van der Waals surface area contributed by atoms with E-state index in [-0.39, 0.29) is 5.78 Å². The Balaban J connectivity index is 1.92. The van der Waals surface area contributed by atoms with Gasteiger partial charge >= 0.3 is 0 Å². The van der Waals surface area contributed by atoms with Crippen molar-refractivity contribution in [1.29, 1.82) is 0 Å². The van der Waals surface area contributed by atoms with Gasteiger partial charge in [0.2, 0.25) is 0 Å². The van der Waals surface area contributed by atoms with Crippen LogP contribution in [0.2, 0.25) is 0 Å². The van der Waals surface area contributed by atoms with E-state index in [2.05, 4.69) is 7.05 Å². The molecule has 110 valence electrons. The minimum Gasteiger partial charge on any atom is -0.330 e. The fourth-order valence-electron chi connectivity index (χ4n) is 2.81. The van der Waals surface area contributed by atoms with Gasteiger partial charge in [-0.3, -0.25) is 4.79 Å². The predicted molar refractivity (Wildman–Crippen MR) is 90.5 cm³/mol. The normalized spacial score (nSPS) is 22.2. The van der Waals surface area contributed by atoms with Gasteiger partial charge in [0.25, 0.3) is 0 Å². The van der Waals surface area contributed by atoms with Crippen LogP contribution >= 0.6 is 0 Å². The van der Waals surface area contributed by atoms with E-state index < -0.39 is 0 Å². The van der Waals surface area contributed by atoms with Gasteiger partial charge in [-0.2, -0.15) is 0 Å². The average Bonchev–Trinajstić information content (AvgIpc) is 2.54. The standard InChI is InChI=1S/C20H19NO/c1-21-14-18(12-16-8-4-2-5-9-16)20(22)19(15-21)13-17-10-6-3-7-11-17/h2-13H,14-15H2,1H3/p+1/b18-12+,19-13+. The zero-order valence-electron chi connectivity index (χ0n) is 12.8. The number of carbonyl (C=O) groups excluding carboxylic acids is 1. The zero-order valence-corrected chi connectivity index (χ0v) is 12.8. The van der Waals surface area contributed by atoms with E-state index in [1.165, 1.54) is 4.90 Å². The molecule has 1 fully saturated rings. The van der Waals surface area contributed by atoms with E-state index >= 15 is 0 Å². The van der Waals surface area contributed by atoms with Crippen LogP contribution in [-0.2, 0) is 4.79 Å². The molecule has 1 heterocycles. The maximum Gasteiger partial charge on any atom is 0.196 e. The Morgan fingerprint density at radius 1 is 0.773 bits per heavy atom. The molecule has 2 nitrogen and oxygen atoms in total. The van der Waals surface area contributed by atoms with Crippen LogP contribution in [-0.4, -0.2) is 25.9 Å². The third kappa shape index (κ3) is 3.41. The smallest absolute Gasteiger partial charge is 0.196 e. The predicted octanol–water partition coefficient (Wildman–Crippen LogP) is 2.25. The number of likely N-dealkylation sites (N-methyl/N-ethyl adjacent to an activating group) is 1. The second-order valence-corrected chi connectivity index (χ2v) is 5.80. The number of hydrogen-bond donors (Lipinski definition) is 1. The summed E-state index contributed by atoms with van der Waals surface area (Å²) < 4.78 is 0. The van der Waals surface area contributed by atoms with Gasteiger partial charge in [-0.25, -0.2) is 0 Å². The molecule has 2 aromatic rings. The van der Waals surface area contributed by atoms with Gasteiger partial charge in [-0.1, -0.05) is 60.7 Å². The highest BCUT2D eigenvalue weighted by atomic mass is 16.1. The van der Waals surface area contributed by atoms with Crippen LogP contribution in [0, 0.1) is 0 Å². The molecule has 1 N–H and O–H groups in total. The van der Waals surface area contributed by atoms with Crippen molar-refractivity contribution < 1.29 is 9.69 Å². The van der Waals surface area contributed by atoms with Crippen molar-refractivity contribution in [1.82, 2.24) is 0 Å². The second-order valence-electron chi connectivity index (χ2n) is 5.80. The van der Waals surface area contributed by atoms with Crippen LogP contribution in [0.3, 0.4) is 0 Å². The minimum absolute atomic E-state index is 0.179. The summed E-state index contributed by atoms with van der Waals surface area (Å²) in [4.78, 5) is 14.1. The van der Waals surface area contributed by atoms with Crippen LogP contribution in [0.1, 0.15) is 11.1 Å². The number of rotatable bonds is 2. The van der Waals surface area contributed by atoms with Crippen LogP contribution in [0.4, 0.5) is 0 Å². The van der Waals surface area contributed by atoms with E-state index in [0.29, 0.717) is 0 Å².